The summed E-state index contributed by atoms with van der Waals surface area (Å²) in [5.41, 5.74) is 3.72. The first kappa shape index (κ1) is 21.7. The number of aryl methyl sites for hydroxylation is 1. The van der Waals surface area contributed by atoms with Gasteiger partial charge in [0.2, 0.25) is 0 Å². The third-order valence-electron chi connectivity index (χ3n) is 7.12. The largest absolute Gasteiger partial charge is 0.508 e. The zero-order chi connectivity index (χ0) is 22.8. The average molecular weight is 446 g/mol. The van der Waals surface area contributed by atoms with E-state index in [-0.39, 0.29) is 29.1 Å². The van der Waals surface area contributed by atoms with Gasteiger partial charge in [-0.3, -0.25) is 4.90 Å². The van der Waals surface area contributed by atoms with E-state index in [2.05, 4.69) is 17.0 Å². The van der Waals surface area contributed by atoms with Gasteiger partial charge in [-0.05, 0) is 85.6 Å². The van der Waals surface area contributed by atoms with Crippen molar-refractivity contribution in [3.8, 4) is 23.0 Å². The molecule has 5 heteroatoms. The number of hydrogen-bond donors (Lipinski definition) is 3. The molecule has 0 unspecified atom stereocenters. The van der Waals surface area contributed by atoms with E-state index in [9.17, 15) is 15.3 Å². The van der Waals surface area contributed by atoms with Crippen molar-refractivity contribution in [1.29, 1.82) is 0 Å². The van der Waals surface area contributed by atoms with Crippen molar-refractivity contribution in [3.63, 3.8) is 0 Å². The summed E-state index contributed by atoms with van der Waals surface area (Å²) in [5.74, 6) is 1.16. The fraction of sp³-hybridized carbons (Fsp3) is 0.357. The zero-order valence-corrected chi connectivity index (χ0v) is 18.8. The lowest BCUT2D eigenvalue weighted by Gasteiger charge is -2.35. The quantitative estimate of drug-likeness (QED) is 0.490. The number of fused-ring (bicyclic) bond motifs is 1. The minimum Gasteiger partial charge on any atom is -0.508 e. The molecule has 172 valence electrons. The SMILES string of the molecule is Oc1cc(O)c2c(c1)CC[C@H](c1ccccc1O)[C@@H]2c1ccc(OCCN2CCCC2)cc1. The number of benzene rings is 3. The summed E-state index contributed by atoms with van der Waals surface area (Å²) in [4.78, 5) is 2.43. The molecule has 0 saturated carbocycles. The molecule has 0 amide bonds. The maximum Gasteiger partial charge on any atom is 0.123 e. The number of hydrogen-bond acceptors (Lipinski definition) is 5. The summed E-state index contributed by atoms with van der Waals surface area (Å²) >= 11 is 0. The zero-order valence-electron chi connectivity index (χ0n) is 18.8. The second-order valence-electron chi connectivity index (χ2n) is 9.19. The number of aromatic hydroxyl groups is 3. The standard InChI is InChI=1S/C28H31NO4/c30-21-17-20-9-12-24(23-5-1-2-6-25(23)31)27(28(20)26(32)18-21)19-7-10-22(11-8-19)33-16-15-29-13-3-4-14-29/h1-2,5-8,10-11,17-18,24,27,30-32H,3-4,9,12-16H2/t24-,27+/m1/s1. The lowest BCUT2D eigenvalue weighted by atomic mass is 9.68. The number of ether oxygens (including phenoxy) is 1. The smallest absolute Gasteiger partial charge is 0.123 e. The Hall–Kier alpha value is -3.18. The Bertz CT molecular complexity index is 1110. The summed E-state index contributed by atoms with van der Waals surface area (Å²) in [6.45, 7) is 3.95. The lowest BCUT2D eigenvalue weighted by Crippen LogP contribution is -2.25. The van der Waals surface area contributed by atoms with Crippen LogP contribution in [0.5, 0.6) is 23.0 Å². The van der Waals surface area contributed by atoms with E-state index in [1.807, 2.05) is 30.3 Å². The normalized spacial score (nSPS) is 20.5. The molecule has 3 aromatic rings. The Labute approximate surface area is 194 Å². The third kappa shape index (κ3) is 4.51. The monoisotopic (exact) mass is 445 g/mol. The fourth-order valence-corrected chi connectivity index (χ4v) is 5.53. The van der Waals surface area contributed by atoms with Crippen LogP contribution >= 0.6 is 0 Å². The molecule has 0 aromatic heterocycles. The number of phenols is 3. The van der Waals surface area contributed by atoms with Crippen molar-refractivity contribution < 1.29 is 20.1 Å². The van der Waals surface area contributed by atoms with Crippen LogP contribution in [0.1, 0.15) is 53.4 Å². The second kappa shape index (κ2) is 9.36. The molecule has 5 rings (SSSR count). The van der Waals surface area contributed by atoms with Crippen LogP contribution in [0.4, 0.5) is 0 Å². The van der Waals surface area contributed by atoms with Crippen molar-refractivity contribution >= 4 is 0 Å². The molecule has 3 aromatic carbocycles. The topological polar surface area (TPSA) is 73.2 Å². The summed E-state index contributed by atoms with van der Waals surface area (Å²) < 4.78 is 5.99. The molecule has 1 aliphatic carbocycles. The Morgan fingerprint density at radius 3 is 2.39 bits per heavy atom. The highest BCUT2D eigenvalue weighted by Gasteiger charge is 2.35. The van der Waals surface area contributed by atoms with Gasteiger partial charge in [-0.15, -0.1) is 0 Å². The van der Waals surface area contributed by atoms with E-state index in [1.165, 1.54) is 18.9 Å². The molecule has 2 aliphatic rings. The van der Waals surface area contributed by atoms with Crippen molar-refractivity contribution in [2.45, 2.75) is 37.5 Å². The van der Waals surface area contributed by atoms with E-state index < -0.39 is 0 Å². The van der Waals surface area contributed by atoms with E-state index in [4.69, 9.17) is 4.74 Å². The minimum absolute atomic E-state index is 0.0103. The number of para-hydroxylation sites is 1. The van der Waals surface area contributed by atoms with E-state index >= 15 is 0 Å². The Balaban J connectivity index is 1.44. The van der Waals surface area contributed by atoms with Gasteiger partial charge in [-0.2, -0.15) is 0 Å². The molecule has 33 heavy (non-hydrogen) atoms. The van der Waals surface area contributed by atoms with Crippen LogP contribution in [0.2, 0.25) is 0 Å². The number of nitrogens with zero attached hydrogens (tertiary/aromatic N) is 1. The van der Waals surface area contributed by atoms with Crippen molar-refractivity contribution in [2.24, 2.45) is 0 Å². The van der Waals surface area contributed by atoms with Crippen molar-refractivity contribution in [3.05, 3.63) is 82.9 Å². The number of likely N-dealkylation sites (tertiary alicyclic amines) is 1. The lowest BCUT2D eigenvalue weighted by molar-refractivity contribution is 0.237. The molecule has 1 heterocycles. The summed E-state index contributed by atoms with van der Waals surface area (Å²) in [5, 5.41) is 31.4. The molecule has 5 nitrogen and oxygen atoms in total. The maximum atomic E-state index is 10.8. The van der Waals surface area contributed by atoms with Crippen LogP contribution in [0, 0.1) is 0 Å². The first-order valence-electron chi connectivity index (χ1n) is 11.9. The molecule has 1 fully saturated rings. The summed E-state index contributed by atoms with van der Waals surface area (Å²) in [7, 11) is 0. The molecule has 0 bridgehead atoms. The van der Waals surface area contributed by atoms with Gasteiger partial charge in [-0.1, -0.05) is 30.3 Å². The van der Waals surface area contributed by atoms with Gasteiger partial charge in [0.15, 0.2) is 0 Å². The summed E-state index contributed by atoms with van der Waals surface area (Å²) in [6.07, 6.45) is 4.09. The average Bonchev–Trinajstić information content (AvgIpc) is 3.33. The highest BCUT2D eigenvalue weighted by molar-refractivity contribution is 5.55. The van der Waals surface area contributed by atoms with Crippen LogP contribution in [-0.2, 0) is 6.42 Å². The van der Waals surface area contributed by atoms with Crippen LogP contribution < -0.4 is 4.74 Å². The van der Waals surface area contributed by atoms with Crippen molar-refractivity contribution in [1.82, 2.24) is 4.90 Å². The van der Waals surface area contributed by atoms with E-state index in [1.54, 1.807) is 12.1 Å². The molecule has 3 N–H and O–H groups in total. The predicted molar refractivity (Wildman–Crippen MR) is 128 cm³/mol. The second-order valence-corrected chi connectivity index (χ2v) is 9.19. The molecule has 1 aliphatic heterocycles. The van der Waals surface area contributed by atoms with E-state index in [0.717, 1.165) is 60.5 Å². The maximum absolute atomic E-state index is 10.8. The molecular formula is C28H31NO4. The Kier molecular flexibility index (Phi) is 6.14. The van der Waals surface area contributed by atoms with Crippen LogP contribution in [0.25, 0.3) is 0 Å². The highest BCUT2D eigenvalue weighted by atomic mass is 16.5. The van der Waals surface area contributed by atoms with Gasteiger partial charge >= 0.3 is 0 Å². The van der Waals surface area contributed by atoms with Gasteiger partial charge < -0.3 is 20.1 Å². The van der Waals surface area contributed by atoms with Crippen molar-refractivity contribution in [2.75, 3.05) is 26.2 Å². The molecule has 2 atom stereocenters. The van der Waals surface area contributed by atoms with Gasteiger partial charge in [0, 0.05) is 24.1 Å². The molecule has 0 radical (unpaired) electrons. The Morgan fingerprint density at radius 2 is 1.64 bits per heavy atom. The molecular weight excluding hydrogens is 414 g/mol. The number of phenolic OH excluding ortho intramolecular Hbond substituents is 3. The summed E-state index contributed by atoms with van der Waals surface area (Å²) in [6, 6.07) is 18.7. The molecule has 1 saturated heterocycles. The Morgan fingerprint density at radius 1 is 0.879 bits per heavy atom. The minimum atomic E-state index is -0.138. The van der Waals surface area contributed by atoms with Gasteiger partial charge in [0.25, 0.3) is 0 Å². The highest BCUT2D eigenvalue weighted by Crippen LogP contribution is 2.51. The van der Waals surface area contributed by atoms with E-state index in [0.29, 0.717) is 6.61 Å². The fourth-order valence-electron chi connectivity index (χ4n) is 5.53. The number of rotatable bonds is 6. The van der Waals surface area contributed by atoms with Gasteiger partial charge in [0.05, 0.1) is 0 Å². The first-order valence-corrected chi connectivity index (χ1v) is 11.9. The van der Waals surface area contributed by atoms with Crippen LogP contribution in [0.3, 0.4) is 0 Å². The predicted octanol–water partition coefficient (Wildman–Crippen LogP) is 5.14. The first-order chi connectivity index (χ1) is 16.1. The third-order valence-corrected chi connectivity index (χ3v) is 7.12. The molecule has 0 spiro atoms. The van der Waals surface area contributed by atoms with Crippen LogP contribution in [-0.4, -0.2) is 46.5 Å². The van der Waals surface area contributed by atoms with Gasteiger partial charge in [-0.25, -0.2) is 0 Å². The van der Waals surface area contributed by atoms with Crippen LogP contribution in [0.15, 0.2) is 60.7 Å². The van der Waals surface area contributed by atoms with Gasteiger partial charge in [0.1, 0.15) is 29.6 Å².